The lowest BCUT2D eigenvalue weighted by Gasteiger charge is -1.98. The number of hydrogen-bond donors (Lipinski definition) is 1. The third-order valence-corrected chi connectivity index (χ3v) is 1.98. The van der Waals surface area contributed by atoms with Crippen molar-refractivity contribution in [2.24, 2.45) is 4.99 Å². The van der Waals surface area contributed by atoms with Gasteiger partial charge in [0.2, 0.25) is 6.08 Å². The Morgan fingerprint density at radius 1 is 1.07 bits per heavy atom. The first-order valence-corrected chi connectivity index (χ1v) is 4.10. The molecule has 0 heterocycles. The lowest BCUT2D eigenvalue weighted by atomic mass is 10.1. The number of fused-ring (bicyclic) bond motifs is 1. The molecular formula is C11H7NO2. The normalized spacial score (nSPS) is 9.71. The highest BCUT2D eigenvalue weighted by atomic mass is 16.3. The maximum atomic E-state index is 10.0. The van der Waals surface area contributed by atoms with E-state index in [4.69, 9.17) is 0 Å². The molecule has 2 rings (SSSR count). The van der Waals surface area contributed by atoms with Gasteiger partial charge in [-0.25, -0.2) is 4.79 Å². The van der Waals surface area contributed by atoms with E-state index in [0.29, 0.717) is 5.69 Å². The van der Waals surface area contributed by atoms with Gasteiger partial charge in [-0.05, 0) is 35.0 Å². The smallest absolute Gasteiger partial charge is 0.240 e. The van der Waals surface area contributed by atoms with Crippen LogP contribution in [0.25, 0.3) is 10.8 Å². The zero-order chi connectivity index (χ0) is 9.97. The molecule has 0 atom stereocenters. The number of carbonyl (C=O) groups excluding carboxylic acids is 1. The van der Waals surface area contributed by atoms with E-state index in [1.165, 1.54) is 6.08 Å². The number of hydrogen-bond acceptors (Lipinski definition) is 3. The van der Waals surface area contributed by atoms with Crippen molar-refractivity contribution >= 4 is 22.5 Å². The maximum Gasteiger partial charge on any atom is 0.240 e. The maximum absolute atomic E-state index is 10.0. The van der Waals surface area contributed by atoms with E-state index in [1.54, 1.807) is 30.3 Å². The largest absolute Gasteiger partial charge is 0.508 e. The highest BCUT2D eigenvalue weighted by Crippen LogP contribution is 2.24. The van der Waals surface area contributed by atoms with Crippen molar-refractivity contribution in [1.82, 2.24) is 0 Å². The van der Waals surface area contributed by atoms with Crippen LogP contribution in [0.3, 0.4) is 0 Å². The van der Waals surface area contributed by atoms with Gasteiger partial charge in [-0.3, -0.25) is 0 Å². The Labute approximate surface area is 80.3 Å². The zero-order valence-corrected chi connectivity index (χ0v) is 7.27. The fraction of sp³-hybridized carbons (Fsp3) is 0. The second-order valence-corrected chi connectivity index (χ2v) is 2.92. The van der Waals surface area contributed by atoms with Crippen molar-refractivity contribution in [3.8, 4) is 5.75 Å². The summed E-state index contributed by atoms with van der Waals surface area (Å²) >= 11 is 0. The molecule has 68 valence electrons. The molecular weight excluding hydrogens is 178 g/mol. The molecule has 0 aromatic heterocycles. The van der Waals surface area contributed by atoms with Gasteiger partial charge >= 0.3 is 0 Å². The number of benzene rings is 2. The van der Waals surface area contributed by atoms with Crippen LogP contribution in [0.1, 0.15) is 0 Å². The molecule has 3 nitrogen and oxygen atoms in total. The van der Waals surface area contributed by atoms with Crippen LogP contribution in [0, 0.1) is 0 Å². The lowest BCUT2D eigenvalue weighted by Crippen LogP contribution is -1.72. The van der Waals surface area contributed by atoms with Crippen LogP contribution in [0.4, 0.5) is 5.69 Å². The molecule has 0 saturated carbocycles. The Balaban J connectivity index is 2.69. The summed E-state index contributed by atoms with van der Waals surface area (Å²) in [6, 6.07) is 10.3. The predicted molar refractivity (Wildman–Crippen MR) is 53.4 cm³/mol. The molecule has 0 amide bonds. The first-order valence-electron chi connectivity index (χ1n) is 4.10. The first kappa shape index (κ1) is 8.48. The zero-order valence-electron chi connectivity index (χ0n) is 7.27. The van der Waals surface area contributed by atoms with E-state index < -0.39 is 0 Å². The summed E-state index contributed by atoms with van der Waals surface area (Å²) in [5, 5.41) is 11.1. The molecule has 0 bridgehead atoms. The van der Waals surface area contributed by atoms with Crippen molar-refractivity contribution in [1.29, 1.82) is 0 Å². The van der Waals surface area contributed by atoms with Gasteiger partial charge in [-0.15, -0.1) is 0 Å². The average Bonchev–Trinajstić information content (AvgIpc) is 2.17. The Kier molecular flexibility index (Phi) is 2.01. The van der Waals surface area contributed by atoms with E-state index in [1.807, 2.05) is 6.07 Å². The summed E-state index contributed by atoms with van der Waals surface area (Å²) in [6.45, 7) is 0. The van der Waals surface area contributed by atoms with E-state index in [0.717, 1.165) is 10.8 Å². The fourth-order valence-corrected chi connectivity index (χ4v) is 1.34. The third kappa shape index (κ3) is 1.49. The summed E-state index contributed by atoms with van der Waals surface area (Å²) in [5.74, 6) is 0.199. The topological polar surface area (TPSA) is 49.7 Å². The Bertz CT molecular complexity index is 528. The Hall–Kier alpha value is -2.12. The Morgan fingerprint density at radius 3 is 2.64 bits per heavy atom. The van der Waals surface area contributed by atoms with E-state index >= 15 is 0 Å². The molecule has 0 aliphatic heterocycles. The van der Waals surface area contributed by atoms with Crippen molar-refractivity contribution < 1.29 is 9.90 Å². The minimum absolute atomic E-state index is 0.199. The van der Waals surface area contributed by atoms with Gasteiger partial charge in [0.25, 0.3) is 0 Å². The van der Waals surface area contributed by atoms with Crippen molar-refractivity contribution in [3.63, 3.8) is 0 Å². The minimum atomic E-state index is 0.199. The second kappa shape index (κ2) is 3.32. The van der Waals surface area contributed by atoms with Crippen molar-refractivity contribution in [3.05, 3.63) is 36.4 Å². The average molecular weight is 185 g/mol. The van der Waals surface area contributed by atoms with Crippen molar-refractivity contribution in [2.75, 3.05) is 0 Å². The summed E-state index contributed by atoms with van der Waals surface area (Å²) < 4.78 is 0. The molecule has 1 N–H and O–H groups in total. The number of phenolic OH excluding ortho intramolecular Hbond substituents is 1. The number of isocyanates is 1. The van der Waals surface area contributed by atoms with Crippen LogP contribution >= 0.6 is 0 Å². The predicted octanol–water partition coefficient (Wildman–Crippen LogP) is 2.51. The summed E-state index contributed by atoms with van der Waals surface area (Å²) in [4.78, 5) is 13.5. The highest BCUT2D eigenvalue weighted by molar-refractivity contribution is 5.86. The molecule has 0 unspecified atom stereocenters. The molecule has 2 aromatic rings. The van der Waals surface area contributed by atoms with Gasteiger partial charge in [-0.1, -0.05) is 12.1 Å². The number of nitrogens with zero attached hydrogens (tertiary/aromatic N) is 1. The van der Waals surface area contributed by atoms with Gasteiger partial charge in [0.15, 0.2) is 0 Å². The molecule has 0 aliphatic carbocycles. The van der Waals surface area contributed by atoms with E-state index in [9.17, 15) is 9.90 Å². The summed E-state index contributed by atoms with van der Waals surface area (Å²) in [7, 11) is 0. The highest BCUT2D eigenvalue weighted by Gasteiger charge is 1.96. The number of aromatic hydroxyl groups is 1. The van der Waals surface area contributed by atoms with Gasteiger partial charge in [-0.2, -0.15) is 4.99 Å². The summed E-state index contributed by atoms with van der Waals surface area (Å²) in [6.07, 6.45) is 1.48. The van der Waals surface area contributed by atoms with Crippen LogP contribution in [0.5, 0.6) is 5.75 Å². The molecule has 3 heteroatoms. The number of phenols is 1. The minimum Gasteiger partial charge on any atom is -0.508 e. The SMILES string of the molecule is O=C=Nc1ccc2ccc(O)cc2c1. The molecule has 2 aromatic carbocycles. The molecule has 0 spiro atoms. The summed E-state index contributed by atoms with van der Waals surface area (Å²) in [5.41, 5.74) is 0.540. The fourth-order valence-electron chi connectivity index (χ4n) is 1.34. The second-order valence-electron chi connectivity index (χ2n) is 2.92. The van der Waals surface area contributed by atoms with Crippen molar-refractivity contribution in [2.45, 2.75) is 0 Å². The quantitative estimate of drug-likeness (QED) is 0.548. The van der Waals surface area contributed by atoms with Gasteiger partial charge in [0, 0.05) is 0 Å². The molecule has 0 saturated heterocycles. The van der Waals surface area contributed by atoms with Crippen LogP contribution in [-0.4, -0.2) is 11.2 Å². The van der Waals surface area contributed by atoms with E-state index in [-0.39, 0.29) is 5.75 Å². The standard InChI is InChI=1S/C11H7NO2/c13-7-12-10-3-1-8-2-4-11(14)6-9(8)5-10/h1-6,14H. The van der Waals surface area contributed by atoms with Crippen LogP contribution in [-0.2, 0) is 4.79 Å². The van der Waals surface area contributed by atoms with Gasteiger partial charge in [0.05, 0.1) is 5.69 Å². The Morgan fingerprint density at radius 2 is 1.86 bits per heavy atom. The molecule has 0 radical (unpaired) electrons. The van der Waals surface area contributed by atoms with Crippen LogP contribution < -0.4 is 0 Å². The number of aliphatic imine (C=N–C) groups is 1. The first-order chi connectivity index (χ1) is 6.79. The van der Waals surface area contributed by atoms with Crippen LogP contribution in [0.15, 0.2) is 41.4 Å². The van der Waals surface area contributed by atoms with E-state index in [2.05, 4.69) is 4.99 Å². The lowest BCUT2D eigenvalue weighted by molar-refractivity contribution is 0.476. The molecule has 14 heavy (non-hydrogen) atoms. The molecule has 0 fully saturated rings. The number of rotatable bonds is 1. The monoisotopic (exact) mass is 185 g/mol. The van der Waals surface area contributed by atoms with Crippen LogP contribution in [0.2, 0.25) is 0 Å². The third-order valence-electron chi connectivity index (χ3n) is 1.98. The molecule has 0 aliphatic rings. The van der Waals surface area contributed by atoms with Gasteiger partial charge < -0.3 is 5.11 Å². The van der Waals surface area contributed by atoms with Gasteiger partial charge in [0.1, 0.15) is 5.75 Å².